The highest BCUT2D eigenvalue weighted by Gasteiger charge is 2.22. The molecule has 0 bridgehead atoms. The molecule has 0 aromatic rings. The van der Waals surface area contributed by atoms with Gasteiger partial charge in [0.15, 0.2) is 6.10 Å². The normalized spacial score (nSPS) is 13.8. The molecule has 0 aromatic heterocycles. The van der Waals surface area contributed by atoms with Crippen LogP contribution in [0.3, 0.4) is 0 Å². The van der Waals surface area contributed by atoms with E-state index < -0.39 is 32.5 Å². The molecule has 0 heterocycles. The monoisotopic (exact) mass is 1080 g/mol. The molecule has 0 rings (SSSR count). The van der Waals surface area contributed by atoms with Crippen LogP contribution in [-0.2, 0) is 32.7 Å². The SMILES string of the molecule is CC/C=C\C/C=C\C/C=C\C/C=C\C/C=C\C/C=C\CCCCCCCCCCCCCCCCCCCCCCC(=O)OC(COC(=O)CCCCCCC/C=C\CCCCCC)COP(=O)([O-])OCC[N+](C)(C)C. The minimum absolute atomic E-state index is 0.0326. The molecule has 0 amide bonds. The lowest BCUT2D eigenvalue weighted by Crippen LogP contribution is -2.37. The quantitative estimate of drug-likeness (QED) is 0.0195. The van der Waals surface area contributed by atoms with Gasteiger partial charge in [0, 0.05) is 12.8 Å². The Bertz CT molecular complexity index is 1560. The smallest absolute Gasteiger partial charge is 0.306 e. The van der Waals surface area contributed by atoms with E-state index >= 15 is 0 Å². The average Bonchev–Trinajstić information content (AvgIpc) is 3.38. The Labute approximate surface area is 469 Å². The first-order chi connectivity index (χ1) is 37.0. The first-order valence-electron chi connectivity index (χ1n) is 31.3. The summed E-state index contributed by atoms with van der Waals surface area (Å²) < 4.78 is 34.1. The van der Waals surface area contributed by atoms with Crippen LogP contribution >= 0.6 is 7.82 Å². The second-order valence-corrected chi connectivity index (χ2v) is 23.4. The first-order valence-corrected chi connectivity index (χ1v) is 32.8. The molecule has 0 N–H and O–H groups in total. The van der Waals surface area contributed by atoms with Gasteiger partial charge >= 0.3 is 11.9 Å². The van der Waals surface area contributed by atoms with Crippen LogP contribution < -0.4 is 4.89 Å². The van der Waals surface area contributed by atoms with Crippen LogP contribution in [0.4, 0.5) is 0 Å². The number of rotatable bonds is 57. The molecule has 10 heteroatoms. The zero-order valence-corrected chi connectivity index (χ0v) is 50.8. The van der Waals surface area contributed by atoms with Crippen LogP contribution in [0.5, 0.6) is 0 Å². The van der Waals surface area contributed by atoms with Gasteiger partial charge in [0.25, 0.3) is 7.82 Å². The molecule has 9 nitrogen and oxygen atoms in total. The van der Waals surface area contributed by atoms with E-state index in [9.17, 15) is 19.0 Å². The molecule has 0 spiro atoms. The molecule has 2 atom stereocenters. The van der Waals surface area contributed by atoms with Crippen molar-refractivity contribution in [2.45, 2.75) is 277 Å². The molecular formula is C66H118NO8P. The van der Waals surface area contributed by atoms with Crippen LogP contribution in [0.25, 0.3) is 0 Å². The third kappa shape index (κ3) is 60.4. The van der Waals surface area contributed by atoms with Gasteiger partial charge in [-0.2, -0.15) is 0 Å². The fourth-order valence-corrected chi connectivity index (χ4v) is 9.33. The Hall–Kier alpha value is -2.81. The number of ether oxygens (including phenoxy) is 2. The van der Waals surface area contributed by atoms with E-state index in [0.29, 0.717) is 17.4 Å². The number of phosphoric acid groups is 1. The minimum atomic E-state index is -4.64. The molecule has 0 aliphatic rings. The Balaban J connectivity index is 3.94. The van der Waals surface area contributed by atoms with Crippen molar-refractivity contribution in [3.05, 3.63) is 85.1 Å². The number of nitrogens with zero attached hydrogens (tertiary/aromatic N) is 1. The average molecular weight is 1080 g/mol. The van der Waals surface area contributed by atoms with Gasteiger partial charge in [-0.3, -0.25) is 14.2 Å². The Morgan fingerprint density at radius 3 is 1.13 bits per heavy atom. The van der Waals surface area contributed by atoms with Gasteiger partial charge in [-0.05, 0) is 89.9 Å². The Kier molecular flexibility index (Phi) is 54.8. The molecule has 0 saturated heterocycles. The molecule has 0 aromatic carbocycles. The zero-order chi connectivity index (χ0) is 55.6. The zero-order valence-electron chi connectivity index (χ0n) is 49.9. The second kappa shape index (κ2) is 56.9. The molecule has 0 aliphatic carbocycles. The van der Waals surface area contributed by atoms with Crippen LogP contribution in [0.2, 0.25) is 0 Å². The third-order valence-electron chi connectivity index (χ3n) is 13.4. The van der Waals surface area contributed by atoms with Crippen molar-refractivity contribution < 1.29 is 42.1 Å². The van der Waals surface area contributed by atoms with Gasteiger partial charge in [0.2, 0.25) is 0 Å². The summed E-state index contributed by atoms with van der Waals surface area (Å²) in [5.74, 6) is -0.837. The molecule has 0 radical (unpaired) electrons. The van der Waals surface area contributed by atoms with Crippen LogP contribution in [0.1, 0.15) is 271 Å². The van der Waals surface area contributed by atoms with Crippen molar-refractivity contribution in [3.8, 4) is 0 Å². The van der Waals surface area contributed by atoms with E-state index in [4.69, 9.17) is 18.5 Å². The number of allylic oxidation sites excluding steroid dienone is 14. The van der Waals surface area contributed by atoms with Crippen LogP contribution in [-0.4, -0.2) is 70.0 Å². The predicted octanol–water partition coefficient (Wildman–Crippen LogP) is 19.2. The molecule has 0 aliphatic heterocycles. The van der Waals surface area contributed by atoms with E-state index in [0.717, 1.165) is 96.3 Å². The van der Waals surface area contributed by atoms with Gasteiger partial charge in [-0.15, -0.1) is 0 Å². The number of likely N-dealkylation sites (N-methyl/N-ethyl adjacent to an activating group) is 1. The number of quaternary nitrogens is 1. The van der Waals surface area contributed by atoms with Gasteiger partial charge in [-0.1, -0.05) is 253 Å². The van der Waals surface area contributed by atoms with E-state index in [1.54, 1.807) is 0 Å². The lowest BCUT2D eigenvalue weighted by atomic mass is 10.0. The molecule has 76 heavy (non-hydrogen) atoms. The van der Waals surface area contributed by atoms with E-state index in [1.807, 2.05) is 21.1 Å². The summed E-state index contributed by atoms with van der Waals surface area (Å²) >= 11 is 0. The Morgan fingerprint density at radius 2 is 0.750 bits per heavy atom. The Morgan fingerprint density at radius 1 is 0.421 bits per heavy atom. The van der Waals surface area contributed by atoms with Crippen molar-refractivity contribution in [2.75, 3.05) is 47.5 Å². The fraction of sp³-hybridized carbons (Fsp3) is 0.758. The van der Waals surface area contributed by atoms with Gasteiger partial charge in [0.1, 0.15) is 19.8 Å². The summed E-state index contributed by atoms with van der Waals surface area (Å²) in [6, 6.07) is 0. The van der Waals surface area contributed by atoms with Crippen LogP contribution in [0, 0.1) is 0 Å². The summed E-state index contributed by atoms with van der Waals surface area (Å²) in [7, 11) is 1.17. The highest BCUT2D eigenvalue weighted by molar-refractivity contribution is 7.45. The largest absolute Gasteiger partial charge is 0.756 e. The molecule has 0 fully saturated rings. The number of hydrogen-bond donors (Lipinski definition) is 0. The van der Waals surface area contributed by atoms with Crippen molar-refractivity contribution in [2.24, 2.45) is 0 Å². The van der Waals surface area contributed by atoms with Crippen molar-refractivity contribution in [3.63, 3.8) is 0 Å². The molecule has 2 unspecified atom stereocenters. The topological polar surface area (TPSA) is 111 Å². The summed E-state index contributed by atoms with van der Waals surface area (Å²) in [6.45, 7) is 4.11. The summed E-state index contributed by atoms with van der Waals surface area (Å²) in [6.07, 6.45) is 76.6. The number of hydrogen-bond acceptors (Lipinski definition) is 8. The summed E-state index contributed by atoms with van der Waals surface area (Å²) in [5.41, 5.74) is 0. The lowest BCUT2D eigenvalue weighted by Gasteiger charge is -2.28. The van der Waals surface area contributed by atoms with Crippen molar-refractivity contribution in [1.29, 1.82) is 0 Å². The lowest BCUT2D eigenvalue weighted by molar-refractivity contribution is -0.870. The number of esters is 2. The number of carbonyl (C=O) groups excluding carboxylic acids is 2. The molecular weight excluding hydrogens is 966 g/mol. The van der Waals surface area contributed by atoms with Gasteiger partial charge in [0.05, 0.1) is 27.7 Å². The van der Waals surface area contributed by atoms with Gasteiger partial charge < -0.3 is 27.9 Å². The highest BCUT2D eigenvalue weighted by atomic mass is 31.2. The third-order valence-corrected chi connectivity index (χ3v) is 14.4. The molecule has 440 valence electrons. The maximum absolute atomic E-state index is 12.8. The number of unbranched alkanes of at least 4 members (excludes halogenated alkanes) is 29. The highest BCUT2D eigenvalue weighted by Crippen LogP contribution is 2.38. The van der Waals surface area contributed by atoms with E-state index in [-0.39, 0.29) is 26.1 Å². The maximum atomic E-state index is 12.8. The summed E-state index contributed by atoms with van der Waals surface area (Å²) in [4.78, 5) is 37.8. The molecule has 0 saturated carbocycles. The van der Waals surface area contributed by atoms with Crippen molar-refractivity contribution in [1.82, 2.24) is 0 Å². The van der Waals surface area contributed by atoms with Crippen LogP contribution in [0.15, 0.2) is 85.1 Å². The van der Waals surface area contributed by atoms with Gasteiger partial charge in [-0.25, -0.2) is 0 Å². The van der Waals surface area contributed by atoms with Crippen molar-refractivity contribution >= 4 is 19.8 Å². The minimum Gasteiger partial charge on any atom is -0.756 e. The standard InChI is InChI=1S/C66H118NO8P/c1-6-8-10-12-14-16-18-20-21-22-23-24-25-26-27-28-29-30-31-32-33-34-35-36-37-38-39-40-41-42-43-44-45-47-49-51-53-55-57-59-66(69)75-64(63-74-76(70,71)73-61-60-67(3,4)5)62-72-65(68)58-56-54-52-50-48-46-19-17-15-13-11-9-7-2/h8,10,14,16-17,19-21,23-24,26-27,29-30,64H,6-7,9,11-13,15,18,22,25,28,31-63H2,1-5H3/b10-8-,16-14-,19-17-,21-20-,24-23-,27-26-,30-29-. The summed E-state index contributed by atoms with van der Waals surface area (Å²) in [5, 5.41) is 0. The van der Waals surface area contributed by atoms with E-state index in [1.165, 1.54) is 141 Å². The predicted molar refractivity (Wildman–Crippen MR) is 323 cm³/mol. The number of phosphoric ester groups is 1. The fourth-order valence-electron chi connectivity index (χ4n) is 8.60. The van der Waals surface area contributed by atoms with E-state index in [2.05, 4.69) is 98.9 Å². The maximum Gasteiger partial charge on any atom is 0.306 e. The first kappa shape index (κ1) is 73.2. The second-order valence-electron chi connectivity index (χ2n) is 22.0. The number of carbonyl (C=O) groups is 2.